The fourth-order valence-corrected chi connectivity index (χ4v) is 6.52. The average molecular weight is 513 g/mol. The van der Waals surface area contributed by atoms with Crippen LogP contribution in [0.2, 0.25) is 0 Å². The van der Waals surface area contributed by atoms with E-state index in [1.54, 1.807) is 30.5 Å². The summed E-state index contributed by atoms with van der Waals surface area (Å²) < 4.78 is 33.6. The molecule has 3 saturated heterocycles. The van der Waals surface area contributed by atoms with Crippen LogP contribution in [0.1, 0.15) is 24.5 Å². The Bertz CT molecular complexity index is 1240. The molecular weight excluding hydrogens is 488 g/mol. The number of rotatable bonds is 6. The van der Waals surface area contributed by atoms with E-state index in [2.05, 4.69) is 32.4 Å². The van der Waals surface area contributed by atoms with Crippen LogP contribution in [0, 0.1) is 11.8 Å². The third-order valence-corrected chi connectivity index (χ3v) is 8.66. The van der Waals surface area contributed by atoms with Crippen LogP contribution < -0.4 is 0 Å². The van der Waals surface area contributed by atoms with Crippen molar-refractivity contribution in [1.82, 2.24) is 9.88 Å². The molecule has 32 heavy (non-hydrogen) atoms. The van der Waals surface area contributed by atoms with Gasteiger partial charge in [0.05, 0.1) is 10.4 Å². The molecule has 1 unspecified atom stereocenters. The highest BCUT2D eigenvalue weighted by Gasteiger charge is 2.44. The normalized spacial score (nSPS) is 26.2. The van der Waals surface area contributed by atoms with Gasteiger partial charge in [-0.1, -0.05) is 40.2 Å². The second kappa shape index (κ2) is 8.71. The lowest BCUT2D eigenvalue weighted by Gasteiger charge is -2.51. The maximum absolute atomic E-state index is 13.3. The zero-order chi connectivity index (χ0) is 22.3. The second-order valence-electron chi connectivity index (χ2n) is 8.59. The molecule has 6 rings (SSSR count). The quantitative estimate of drug-likeness (QED) is 0.329. The molecule has 3 aliphatic rings. The van der Waals surface area contributed by atoms with Crippen molar-refractivity contribution in [1.29, 1.82) is 0 Å². The van der Waals surface area contributed by atoms with Gasteiger partial charge in [-0.25, -0.2) is 0 Å². The van der Waals surface area contributed by atoms with Crippen molar-refractivity contribution in [3.05, 3.63) is 83.5 Å². The Balaban J connectivity index is 1.58. The number of benzene rings is 2. The molecule has 5 nitrogen and oxygen atoms in total. The van der Waals surface area contributed by atoms with Gasteiger partial charge >= 0.3 is 0 Å². The van der Waals surface area contributed by atoms with Crippen LogP contribution in [-0.4, -0.2) is 37.4 Å². The number of hydrogen-bond acceptors (Lipinski definition) is 5. The first-order valence-electron chi connectivity index (χ1n) is 10.9. The van der Waals surface area contributed by atoms with Crippen LogP contribution in [0.4, 0.5) is 0 Å². The van der Waals surface area contributed by atoms with Crippen molar-refractivity contribution in [2.45, 2.75) is 29.9 Å². The van der Waals surface area contributed by atoms with Gasteiger partial charge in [-0.15, -0.1) is 6.58 Å². The van der Waals surface area contributed by atoms with Gasteiger partial charge in [-0.2, -0.15) is 8.42 Å². The lowest BCUT2D eigenvalue weighted by Crippen LogP contribution is -2.55. The molecular formula is C25H25BrN2O3S. The lowest BCUT2D eigenvalue weighted by molar-refractivity contribution is -0.0338. The molecule has 1 aromatic heterocycles. The molecule has 3 fully saturated rings. The Morgan fingerprint density at radius 3 is 2.66 bits per heavy atom. The smallest absolute Gasteiger partial charge is 0.297 e. The Hall–Kier alpha value is -2.06. The number of pyridine rings is 1. The second-order valence-corrected chi connectivity index (χ2v) is 11.1. The van der Waals surface area contributed by atoms with Gasteiger partial charge in [0, 0.05) is 28.6 Å². The van der Waals surface area contributed by atoms with E-state index in [0.29, 0.717) is 11.8 Å². The number of hydrogen-bond donors (Lipinski definition) is 0. The highest BCUT2D eigenvalue weighted by molar-refractivity contribution is 9.10. The molecule has 2 aromatic carbocycles. The van der Waals surface area contributed by atoms with Crippen molar-refractivity contribution in [2.75, 3.05) is 13.1 Å². The zero-order valence-electron chi connectivity index (χ0n) is 17.6. The van der Waals surface area contributed by atoms with Gasteiger partial charge in [-0.05, 0) is 73.2 Å². The van der Waals surface area contributed by atoms with E-state index in [-0.39, 0.29) is 10.9 Å². The molecule has 0 radical (unpaired) electrons. The summed E-state index contributed by atoms with van der Waals surface area (Å²) in [5, 5.41) is 0.925. The largest absolute Gasteiger partial charge is 0.297 e. The van der Waals surface area contributed by atoms with Gasteiger partial charge < -0.3 is 0 Å². The fourth-order valence-electron chi connectivity index (χ4n) is 5.17. The average Bonchev–Trinajstić information content (AvgIpc) is 2.82. The van der Waals surface area contributed by atoms with Crippen LogP contribution in [0.3, 0.4) is 0 Å². The van der Waals surface area contributed by atoms with E-state index < -0.39 is 16.2 Å². The summed E-state index contributed by atoms with van der Waals surface area (Å²) >= 11 is 3.37. The Labute approximate surface area is 197 Å². The molecule has 0 spiro atoms. The Kier molecular flexibility index (Phi) is 5.92. The Morgan fingerprint density at radius 2 is 1.94 bits per heavy atom. The molecule has 0 saturated carbocycles. The van der Waals surface area contributed by atoms with E-state index in [4.69, 9.17) is 4.18 Å². The summed E-state index contributed by atoms with van der Waals surface area (Å²) in [5.41, 5.74) is 1.70. The van der Waals surface area contributed by atoms with Crippen LogP contribution in [0.5, 0.6) is 0 Å². The molecule has 4 heterocycles. The zero-order valence-corrected chi connectivity index (χ0v) is 20.0. The summed E-state index contributed by atoms with van der Waals surface area (Å²) in [7, 11) is -3.97. The van der Waals surface area contributed by atoms with E-state index in [0.717, 1.165) is 46.9 Å². The predicted octanol–water partition coefficient (Wildman–Crippen LogP) is 5.34. The van der Waals surface area contributed by atoms with Gasteiger partial charge in [0.15, 0.2) is 0 Å². The minimum atomic E-state index is -3.97. The topological polar surface area (TPSA) is 59.5 Å². The van der Waals surface area contributed by atoms with Crippen molar-refractivity contribution < 1.29 is 12.6 Å². The molecule has 3 aliphatic heterocycles. The van der Waals surface area contributed by atoms with Crippen molar-refractivity contribution in [3.63, 3.8) is 0 Å². The fraction of sp³-hybridized carbons (Fsp3) is 0.320. The maximum atomic E-state index is 13.3. The van der Waals surface area contributed by atoms with Crippen molar-refractivity contribution >= 4 is 37.0 Å². The third kappa shape index (κ3) is 4.03. The van der Waals surface area contributed by atoms with Gasteiger partial charge in [0.2, 0.25) is 0 Å². The first-order chi connectivity index (χ1) is 15.5. The SMILES string of the molecule is C=C[C@@H]1CN2CC[C@@H]1C[C@@H]2[C@H](OS(=O)(=O)c1ccc(Br)cc1)c1ccnc2ccccc12. The van der Waals surface area contributed by atoms with E-state index >= 15 is 0 Å². The number of piperidine rings is 3. The van der Waals surface area contributed by atoms with Crippen LogP contribution in [0.15, 0.2) is 82.8 Å². The minimum Gasteiger partial charge on any atom is -0.297 e. The van der Waals surface area contributed by atoms with Crippen LogP contribution in [-0.2, 0) is 14.3 Å². The summed E-state index contributed by atoms with van der Waals surface area (Å²) in [4.78, 5) is 7.00. The molecule has 2 bridgehead atoms. The van der Waals surface area contributed by atoms with Crippen molar-refractivity contribution in [3.8, 4) is 0 Å². The van der Waals surface area contributed by atoms with Gasteiger partial charge in [0.25, 0.3) is 10.1 Å². The highest BCUT2D eigenvalue weighted by atomic mass is 79.9. The molecule has 0 N–H and O–H groups in total. The maximum Gasteiger partial charge on any atom is 0.297 e. The van der Waals surface area contributed by atoms with Gasteiger partial charge in [0.1, 0.15) is 6.10 Å². The molecule has 0 aliphatic carbocycles. The number of halogens is 1. The standard InChI is InChI=1S/C25H25BrN2O3S/c1-2-17-16-28-14-12-18(17)15-24(28)25(22-11-13-27-23-6-4-3-5-21(22)23)31-32(29,30)20-9-7-19(26)8-10-20/h2-11,13,17-18,24-25H,1,12,14-16H2/t17-,18-,24-,25-/m1/s1. The van der Waals surface area contributed by atoms with Crippen molar-refractivity contribution in [2.24, 2.45) is 11.8 Å². The summed E-state index contributed by atoms with van der Waals surface area (Å²) in [6.45, 7) is 5.85. The Morgan fingerprint density at radius 1 is 1.16 bits per heavy atom. The van der Waals surface area contributed by atoms with Crippen LogP contribution >= 0.6 is 15.9 Å². The highest BCUT2D eigenvalue weighted by Crippen LogP contribution is 2.44. The molecule has 3 aromatic rings. The van der Waals surface area contributed by atoms with Gasteiger partial charge in [-0.3, -0.25) is 14.1 Å². The lowest BCUT2D eigenvalue weighted by atomic mass is 9.73. The molecule has 0 amide bonds. The summed E-state index contributed by atoms with van der Waals surface area (Å²) in [6.07, 6.45) is 5.15. The minimum absolute atomic E-state index is 0.0269. The predicted molar refractivity (Wildman–Crippen MR) is 129 cm³/mol. The summed E-state index contributed by atoms with van der Waals surface area (Å²) in [6, 6.07) is 16.3. The molecule has 7 heteroatoms. The number of aromatic nitrogens is 1. The molecule has 5 atom stereocenters. The van der Waals surface area contributed by atoms with E-state index in [1.165, 1.54) is 0 Å². The van der Waals surface area contributed by atoms with E-state index in [9.17, 15) is 8.42 Å². The number of fused-ring (bicyclic) bond motifs is 4. The summed E-state index contributed by atoms with van der Waals surface area (Å²) in [5.74, 6) is 0.940. The third-order valence-electron chi connectivity index (χ3n) is 6.83. The first kappa shape index (κ1) is 21.8. The first-order valence-corrected chi connectivity index (χ1v) is 13.1. The monoisotopic (exact) mass is 512 g/mol. The number of para-hydroxylation sites is 1. The van der Waals surface area contributed by atoms with E-state index in [1.807, 2.05) is 36.4 Å². The number of nitrogens with zero attached hydrogens (tertiary/aromatic N) is 2. The molecule has 166 valence electrons. The van der Waals surface area contributed by atoms with Crippen LogP contribution in [0.25, 0.3) is 10.9 Å².